The predicted octanol–water partition coefficient (Wildman–Crippen LogP) is 5.28. The Morgan fingerprint density at radius 2 is 1.75 bits per heavy atom. The van der Waals surface area contributed by atoms with E-state index in [4.69, 9.17) is 0 Å². The molecule has 5 nitrogen and oxygen atoms in total. The summed E-state index contributed by atoms with van der Waals surface area (Å²) in [4.78, 5) is 16.8. The van der Waals surface area contributed by atoms with Crippen LogP contribution in [-0.2, 0) is 0 Å². The third kappa shape index (κ3) is 5.23. The molecule has 0 aliphatic rings. The van der Waals surface area contributed by atoms with Crippen LogP contribution < -0.4 is 15.4 Å². The Morgan fingerprint density at radius 3 is 2.43 bits per heavy atom. The Bertz CT molecular complexity index is 973. The molecule has 2 aromatic carbocycles. The molecule has 1 amide bonds. The molecule has 3 aromatic rings. The molecule has 0 saturated carbocycles. The molecule has 1 aromatic heterocycles. The Balaban J connectivity index is 1.76. The van der Waals surface area contributed by atoms with Crippen molar-refractivity contribution in [3.05, 3.63) is 78.0 Å². The van der Waals surface area contributed by atoms with Crippen LogP contribution in [-0.4, -0.2) is 17.3 Å². The van der Waals surface area contributed by atoms with Crippen molar-refractivity contribution < 1.29 is 22.7 Å². The van der Waals surface area contributed by atoms with Gasteiger partial charge < -0.3 is 15.4 Å². The van der Waals surface area contributed by atoms with Gasteiger partial charge in [-0.1, -0.05) is 12.1 Å². The highest BCUT2D eigenvalue weighted by molar-refractivity contribution is 6.07. The molecule has 144 valence electrons. The summed E-state index contributed by atoms with van der Waals surface area (Å²) in [5.41, 5.74) is 2.40. The van der Waals surface area contributed by atoms with Crippen molar-refractivity contribution in [2.45, 2.75) is 13.3 Å². The van der Waals surface area contributed by atoms with Gasteiger partial charge in [0.1, 0.15) is 11.6 Å². The second-order valence-corrected chi connectivity index (χ2v) is 5.92. The topological polar surface area (TPSA) is 63.2 Å². The number of nitrogens with one attached hydrogen (secondary N) is 2. The number of aromatic nitrogens is 1. The maximum absolute atomic E-state index is 12.6. The molecule has 0 aliphatic heterocycles. The Kier molecular flexibility index (Phi) is 5.49. The predicted molar refractivity (Wildman–Crippen MR) is 99.8 cm³/mol. The number of nitrogens with zero attached hydrogens (tertiary/aromatic N) is 1. The third-order valence-corrected chi connectivity index (χ3v) is 3.68. The van der Waals surface area contributed by atoms with E-state index in [0.717, 1.165) is 5.56 Å². The van der Waals surface area contributed by atoms with E-state index in [9.17, 15) is 18.0 Å². The molecular formula is C20H16F3N3O2. The molecule has 0 radical (unpaired) electrons. The molecule has 28 heavy (non-hydrogen) atoms. The van der Waals surface area contributed by atoms with Gasteiger partial charge in [0.15, 0.2) is 0 Å². The van der Waals surface area contributed by atoms with E-state index >= 15 is 0 Å². The lowest BCUT2D eigenvalue weighted by Gasteiger charge is -2.13. The fourth-order valence-corrected chi connectivity index (χ4v) is 2.49. The van der Waals surface area contributed by atoms with Crippen LogP contribution in [0.1, 0.15) is 15.9 Å². The quantitative estimate of drug-likeness (QED) is 0.625. The maximum Gasteiger partial charge on any atom is 0.573 e. The van der Waals surface area contributed by atoms with Gasteiger partial charge in [-0.25, -0.2) is 4.98 Å². The van der Waals surface area contributed by atoms with Crippen molar-refractivity contribution in [1.82, 2.24) is 4.98 Å². The number of ether oxygens (including phenoxy) is 1. The summed E-state index contributed by atoms with van der Waals surface area (Å²) in [5, 5.41) is 5.73. The van der Waals surface area contributed by atoms with Gasteiger partial charge in [0.05, 0.1) is 5.56 Å². The lowest BCUT2D eigenvalue weighted by Crippen LogP contribution is -2.17. The second-order valence-electron chi connectivity index (χ2n) is 5.92. The zero-order valence-electron chi connectivity index (χ0n) is 14.7. The molecule has 8 heteroatoms. The van der Waals surface area contributed by atoms with Gasteiger partial charge >= 0.3 is 6.36 Å². The Labute approximate surface area is 159 Å². The fraction of sp³-hybridized carbons (Fsp3) is 0.100. The van der Waals surface area contributed by atoms with Crippen LogP contribution in [0.3, 0.4) is 0 Å². The highest BCUT2D eigenvalue weighted by Gasteiger charge is 2.30. The van der Waals surface area contributed by atoms with Crippen LogP contribution in [0.15, 0.2) is 66.9 Å². The number of rotatable bonds is 5. The van der Waals surface area contributed by atoms with Crippen molar-refractivity contribution in [2.24, 2.45) is 0 Å². The maximum atomic E-state index is 12.6. The van der Waals surface area contributed by atoms with E-state index in [2.05, 4.69) is 20.4 Å². The average Bonchev–Trinajstić information content (AvgIpc) is 2.62. The number of pyridine rings is 1. The molecule has 0 spiro atoms. The SMILES string of the molecule is Cc1cccc(NC(=O)c2cccnc2Nc2ccc(OC(F)(F)F)cc2)c1. The van der Waals surface area contributed by atoms with Gasteiger partial charge in [0, 0.05) is 17.6 Å². The largest absolute Gasteiger partial charge is 0.573 e. The molecule has 0 unspecified atom stereocenters. The zero-order chi connectivity index (χ0) is 20.1. The molecule has 2 N–H and O–H groups in total. The number of halogens is 3. The highest BCUT2D eigenvalue weighted by Crippen LogP contribution is 2.26. The summed E-state index contributed by atoms with van der Waals surface area (Å²) in [6, 6.07) is 15.7. The third-order valence-electron chi connectivity index (χ3n) is 3.68. The van der Waals surface area contributed by atoms with Gasteiger partial charge in [0.25, 0.3) is 5.91 Å². The molecule has 0 atom stereocenters. The van der Waals surface area contributed by atoms with E-state index in [1.807, 2.05) is 25.1 Å². The first-order chi connectivity index (χ1) is 13.3. The molecular weight excluding hydrogens is 371 g/mol. The van der Waals surface area contributed by atoms with Gasteiger partial charge in [-0.3, -0.25) is 4.79 Å². The lowest BCUT2D eigenvalue weighted by molar-refractivity contribution is -0.274. The van der Waals surface area contributed by atoms with E-state index in [1.54, 1.807) is 18.2 Å². The summed E-state index contributed by atoms with van der Waals surface area (Å²) in [5.74, 6) is -0.424. The van der Waals surface area contributed by atoms with E-state index in [0.29, 0.717) is 16.9 Å². The highest BCUT2D eigenvalue weighted by atomic mass is 19.4. The monoisotopic (exact) mass is 387 g/mol. The molecule has 0 saturated heterocycles. The minimum atomic E-state index is -4.75. The van der Waals surface area contributed by atoms with Crippen molar-refractivity contribution in [3.8, 4) is 5.75 Å². The Morgan fingerprint density at radius 1 is 1.00 bits per heavy atom. The fourth-order valence-electron chi connectivity index (χ4n) is 2.49. The smallest absolute Gasteiger partial charge is 0.406 e. The van der Waals surface area contributed by atoms with Crippen molar-refractivity contribution >= 4 is 23.1 Å². The number of anilines is 3. The molecule has 0 bridgehead atoms. The minimum Gasteiger partial charge on any atom is -0.406 e. The molecule has 1 heterocycles. The van der Waals surface area contributed by atoms with Crippen LogP contribution in [0.4, 0.5) is 30.4 Å². The average molecular weight is 387 g/mol. The van der Waals surface area contributed by atoms with E-state index in [-0.39, 0.29) is 17.5 Å². The lowest BCUT2D eigenvalue weighted by atomic mass is 10.2. The van der Waals surface area contributed by atoms with Crippen molar-refractivity contribution in [2.75, 3.05) is 10.6 Å². The van der Waals surface area contributed by atoms with Gasteiger partial charge in [0.2, 0.25) is 0 Å². The zero-order valence-corrected chi connectivity index (χ0v) is 14.7. The van der Waals surface area contributed by atoms with Crippen LogP contribution in [0.2, 0.25) is 0 Å². The second kappa shape index (κ2) is 7.99. The van der Waals surface area contributed by atoms with E-state index < -0.39 is 6.36 Å². The summed E-state index contributed by atoms with van der Waals surface area (Å²) >= 11 is 0. The summed E-state index contributed by atoms with van der Waals surface area (Å²) < 4.78 is 40.6. The van der Waals surface area contributed by atoms with Gasteiger partial charge in [-0.2, -0.15) is 0 Å². The number of carbonyl (C=O) groups excluding carboxylic acids is 1. The molecule has 0 aliphatic carbocycles. The number of amides is 1. The minimum absolute atomic E-state index is 0.275. The number of benzene rings is 2. The van der Waals surface area contributed by atoms with Crippen LogP contribution in [0.5, 0.6) is 5.75 Å². The van der Waals surface area contributed by atoms with Crippen molar-refractivity contribution in [3.63, 3.8) is 0 Å². The van der Waals surface area contributed by atoms with Crippen LogP contribution >= 0.6 is 0 Å². The van der Waals surface area contributed by atoms with Crippen molar-refractivity contribution in [1.29, 1.82) is 0 Å². The van der Waals surface area contributed by atoms with Crippen LogP contribution in [0.25, 0.3) is 0 Å². The molecule has 3 rings (SSSR count). The number of alkyl halides is 3. The van der Waals surface area contributed by atoms with Gasteiger partial charge in [-0.05, 0) is 61.0 Å². The number of carbonyl (C=O) groups is 1. The number of hydrogen-bond acceptors (Lipinski definition) is 4. The van der Waals surface area contributed by atoms with Crippen LogP contribution in [0, 0.1) is 6.92 Å². The van der Waals surface area contributed by atoms with Gasteiger partial charge in [-0.15, -0.1) is 13.2 Å². The summed E-state index contributed by atoms with van der Waals surface area (Å²) in [7, 11) is 0. The first-order valence-corrected chi connectivity index (χ1v) is 8.26. The number of aryl methyl sites for hydroxylation is 1. The summed E-state index contributed by atoms with van der Waals surface area (Å²) in [6.45, 7) is 1.92. The number of hydrogen-bond donors (Lipinski definition) is 2. The standard InChI is InChI=1S/C20H16F3N3O2/c1-13-4-2-5-15(12-13)26-19(27)17-6-3-11-24-18(17)25-14-7-9-16(10-8-14)28-20(21,22)23/h2-12H,1H3,(H,24,25)(H,26,27). The molecule has 0 fully saturated rings. The first-order valence-electron chi connectivity index (χ1n) is 8.26. The first kappa shape index (κ1) is 19.2. The van der Waals surface area contributed by atoms with E-state index in [1.165, 1.54) is 30.5 Å². The Hall–Kier alpha value is -3.55. The normalized spacial score (nSPS) is 11.0. The summed E-state index contributed by atoms with van der Waals surface area (Å²) in [6.07, 6.45) is -3.25.